The molecule has 0 saturated carbocycles. The number of nitrogens with two attached hydrogens (primary N) is 1. The summed E-state index contributed by atoms with van der Waals surface area (Å²) in [5, 5.41) is 14.4. The first-order chi connectivity index (χ1) is 6.69. The monoisotopic (exact) mass is 196 g/mol. The summed E-state index contributed by atoms with van der Waals surface area (Å²) < 4.78 is 0. The third-order valence-corrected chi connectivity index (χ3v) is 1.58. The minimum Gasteiger partial charge on any atom is -0.502 e. The number of hydrogen-bond donors (Lipinski definition) is 4. The standard InChI is InChI=1S/C8H12N4O2/c1-2-3-10-8-11-5(4-13)6(14)7(9)12-8/h14H,2-3,9H2,1H3,(H2,10,11,12). The van der Waals surface area contributed by atoms with Gasteiger partial charge in [-0.1, -0.05) is 6.92 Å². The van der Waals surface area contributed by atoms with Gasteiger partial charge >= 0.3 is 0 Å². The number of aliphatic imine (C=N–C) groups is 1. The molecule has 6 heteroatoms. The van der Waals surface area contributed by atoms with Crippen LogP contribution in [0.1, 0.15) is 13.3 Å². The second-order valence-corrected chi connectivity index (χ2v) is 2.72. The third kappa shape index (κ3) is 2.05. The van der Waals surface area contributed by atoms with E-state index in [1.165, 1.54) is 5.94 Å². The molecule has 14 heavy (non-hydrogen) atoms. The van der Waals surface area contributed by atoms with Gasteiger partial charge in [0.15, 0.2) is 17.4 Å². The lowest BCUT2D eigenvalue weighted by molar-refractivity contribution is 0.403. The number of hydrogen-bond acceptors (Lipinski definition) is 4. The van der Waals surface area contributed by atoms with Crippen LogP contribution in [0.2, 0.25) is 0 Å². The molecule has 6 nitrogen and oxygen atoms in total. The van der Waals surface area contributed by atoms with E-state index in [2.05, 4.69) is 15.6 Å². The van der Waals surface area contributed by atoms with Gasteiger partial charge in [0.05, 0.1) is 0 Å². The van der Waals surface area contributed by atoms with Crippen molar-refractivity contribution in [2.45, 2.75) is 13.3 Å². The van der Waals surface area contributed by atoms with Gasteiger partial charge < -0.3 is 21.5 Å². The van der Waals surface area contributed by atoms with Crippen LogP contribution in [-0.4, -0.2) is 23.6 Å². The second-order valence-electron chi connectivity index (χ2n) is 2.72. The smallest absolute Gasteiger partial charge is 0.202 e. The molecule has 5 N–H and O–H groups in total. The Balaban J connectivity index is 2.89. The summed E-state index contributed by atoms with van der Waals surface area (Å²) in [6.07, 6.45) is 0.878. The number of aliphatic hydroxyl groups is 1. The van der Waals surface area contributed by atoms with Crippen LogP contribution in [0.15, 0.2) is 22.3 Å². The highest BCUT2D eigenvalue weighted by atomic mass is 16.3. The van der Waals surface area contributed by atoms with Crippen LogP contribution in [0.3, 0.4) is 0 Å². The van der Waals surface area contributed by atoms with Crippen LogP contribution in [0.4, 0.5) is 0 Å². The van der Waals surface area contributed by atoms with E-state index in [9.17, 15) is 9.90 Å². The Morgan fingerprint density at radius 2 is 2.29 bits per heavy atom. The first kappa shape index (κ1) is 10.1. The average Bonchev–Trinajstić information content (AvgIpc) is 2.19. The molecule has 0 bridgehead atoms. The molecule has 0 amide bonds. The second kappa shape index (κ2) is 4.34. The predicted octanol–water partition coefficient (Wildman–Crippen LogP) is -0.653. The van der Waals surface area contributed by atoms with Crippen LogP contribution in [0, 0.1) is 0 Å². The van der Waals surface area contributed by atoms with E-state index >= 15 is 0 Å². The molecule has 0 aliphatic carbocycles. The zero-order chi connectivity index (χ0) is 10.6. The summed E-state index contributed by atoms with van der Waals surface area (Å²) in [6.45, 7) is 2.58. The number of nitrogens with zero attached hydrogens (tertiary/aromatic N) is 1. The van der Waals surface area contributed by atoms with Gasteiger partial charge in [-0.05, 0) is 6.42 Å². The van der Waals surface area contributed by atoms with Gasteiger partial charge in [0.25, 0.3) is 0 Å². The van der Waals surface area contributed by atoms with E-state index < -0.39 is 0 Å². The molecule has 1 aliphatic rings. The van der Waals surface area contributed by atoms with E-state index in [0.29, 0.717) is 12.5 Å². The van der Waals surface area contributed by atoms with Crippen LogP contribution < -0.4 is 16.4 Å². The zero-order valence-electron chi connectivity index (χ0n) is 7.79. The van der Waals surface area contributed by atoms with E-state index in [1.807, 2.05) is 6.92 Å². The molecule has 1 rings (SSSR count). The maximum Gasteiger partial charge on any atom is 0.202 e. The molecule has 1 aliphatic heterocycles. The van der Waals surface area contributed by atoms with Gasteiger partial charge in [-0.15, -0.1) is 0 Å². The highest BCUT2D eigenvalue weighted by molar-refractivity contribution is 5.88. The molecule has 0 spiro atoms. The molecule has 0 aromatic rings. The number of nitrogens with one attached hydrogen (secondary N) is 2. The molecule has 0 aromatic heterocycles. The summed E-state index contributed by atoms with van der Waals surface area (Å²) >= 11 is 0. The lowest BCUT2D eigenvalue weighted by Gasteiger charge is -2.19. The Hall–Kier alpha value is -1.94. The van der Waals surface area contributed by atoms with Gasteiger partial charge in [-0.3, -0.25) is 4.99 Å². The van der Waals surface area contributed by atoms with Crippen molar-refractivity contribution in [1.29, 1.82) is 0 Å². The molecular weight excluding hydrogens is 184 g/mol. The van der Waals surface area contributed by atoms with Crippen LogP contribution in [-0.2, 0) is 4.79 Å². The molecule has 76 valence electrons. The lowest BCUT2D eigenvalue weighted by atomic mass is 10.3. The summed E-state index contributed by atoms with van der Waals surface area (Å²) in [5.41, 5.74) is 5.30. The van der Waals surface area contributed by atoms with Gasteiger partial charge in [-0.2, -0.15) is 0 Å². The highest BCUT2D eigenvalue weighted by Gasteiger charge is 2.18. The normalized spacial score (nSPS) is 18.9. The van der Waals surface area contributed by atoms with Crippen molar-refractivity contribution in [3.8, 4) is 0 Å². The van der Waals surface area contributed by atoms with Gasteiger partial charge in [0.2, 0.25) is 5.96 Å². The molecule has 0 fully saturated rings. The maximum absolute atomic E-state index is 10.4. The first-order valence-electron chi connectivity index (χ1n) is 4.21. The number of rotatable bonds is 2. The minimum absolute atomic E-state index is 0.00282. The fraction of sp³-hybridized carbons (Fsp3) is 0.375. The number of aliphatic hydroxyl groups excluding tert-OH is 1. The Morgan fingerprint density at radius 3 is 2.86 bits per heavy atom. The van der Waals surface area contributed by atoms with Crippen LogP contribution >= 0.6 is 0 Å². The maximum atomic E-state index is 10.4. The lowest BCUT2D eigenvalue weighted by Crippen LogP contribution is -2.44. The molecule has 0 saturated heterocycles. The summed E-state index contributed by atoms with van der Waals surface area (Å²) in [6, 6.07) is 0. The first-order valence-corrected chi connectivity index (χ1v) is 4.21. The fourth-order valence-corrected chi connectivity index (χ4v) is 0.907. The summed E-state index contributed by atoms with van der Waals surface area (Å²) in [7, 11) is 0. The largest absolute Gasteiger partial charge is 0.502 e. The minimum atomic E-state index is -0.338. The van der Waals surface area contributed by atoms with Crippen molar-refractivity contribution < 1.29 is 9.90 Å². The molecule has 0 unspecified atom stereocenters. The van der Waals surface area contributed by atoms with Crippen molar-refractivity contribution in [2.75, 3.05) is 6.54 Å². The number of carbonyl (C=O) groups excluding carboxylic acids is 1. The van der Waals surface area contributed by atoms with E-state index in [-0.39, 0.29) is 17.3 Å². The van der Waals surface area contributed by atoms with Crippen molar-refractivity contribution in [3.05, 3.63) is 17.3 Å². The highest BCUT2D eigenvalue weighted by Crippen LogP contribution is 2.05. The van der Waals surface area contributed by atoms with Gasteiger partial charge in [0.1, 0.15) is 5.82 Å². The summed E-state index contributed by atoms with van der Waals surface area (Å²) in [4.78, 5) is 14.4. The van der Waals surface area contributed by atoms with Gasteiger partial charge in [-0.25, -0.2) is 4.79 Å². The topological polar surface area (TPSA) is 99.7 Å². The van der Waals surface area contributed by atoms with E-state index in [1.54, 1.807) is 0 Å². The number of guanidine groups is 1. The molecule has 0 aromatic carbocycles. The molecular formula is C8H12N4O2. The van der Waals surface area contributed by atoms with Gasteiger partial charge in [0, 0.05) is 6.54 Å². The van der Waals surface area contributed by atoms with Crippen molar-refractivity contribution >= 4 is 11.9 Å². The Bertz CT molecular complexity index is 339. The van der Waals surface area contributed by atoms with Crippen LogP contribution in [0.25, 0.3) is 0 Å². The fourth-order valence-electron chi connectivity index (χ4n) is 0.907. The average molecular weight is 196 g/mol. The van der Waals surface area contributed by atoms with Crippen LogP contribution in [0.5, 0.6) is 0 Å². The molecule has 0 radical (unpaired) electrons. The Morgan fingerprint density at radius 1 is 1.57 bits per heavy atom. The Labute approximate surface area is 81.2 Å². The van der Waals surface area contributed by atoms with Crippen molar-refractivity contribution in [3.63, 3.8) is 0 Å². The SMILES string of the molecule is CCCN=C1NC(=C=O)C(O)=C(N)N1. The Kier molecular flexibility index (Phi) is 3.14. The summed E-state index contributed by atoms with van der Waals surface area (Å²) in [5.74, 6) is 1.54. The third-order valence-electron chi connectivity index (χ3n) is 1.58. The molecule has 1 heterocycles. The zero-order valence-corrected chi connectivity index (χ0v) is 7.79. The van der Waals surface area contributed by atoms with E-state index in [4.69, 9.17) is 5.73 Å². The van der Waals surface area contributed by atoms with E-state index in [0.717, 1.165) is 6.42 Å². The van der Waals surface area contributed by atoms with Crippen molar-refractivity contribution in [1.82, 2.24) is 10.6 Å². The quantitative estimate of drug-likeness (QED) is 0.440. The molecule has 0 atom stereocenters. The van der Waals surface area contributed by atoms with Crippen molar-refractivity contribution in [2.24, 2.45) is 10.7 Å². The predicted molar refractivity (Wildman–Crippen MR) is 51.9 cm³/mol.